The third-order valence-corrected chi connectivity index (χ3v) is 9.74. The van der Waals surface area contributed by atoms with E-state index in [4.69, 9.17) is 18.9 Å². The maximum absolute atomic E-state index is 15.4. The molecule has 8 nitrogen and oxygen atoms in total. The van der Waals surface area contributed by atoms with Crippen molar-refractivity contribution in [2.45, 2.75) is 114 Å². The van der Waals surface area contributed by atoms with Crippen LogP contribution in [0.2, 0.25) is 0 Å². The Hall–Kier alpha value is -1.88. The summed E-state index contributed by atoms with van der Waals surface area (Å²) in [6, 6.07) is 0. The summed E-state index contributed by atoms with van der Waals surface area (Å²) in [5.41, 5.74) is -0.256. The van der Waals surface area contributed by atoms with Gasteiger partial charge in [-0.15, -0.1) is 0 Å². The molecule has 3 N–H and O–H groups in total. The molecule has 0 aromatic rings. The number of ether oxygens (including phenoxy) is 4. The summed E-state index contributed by atoms with van der Waals surface area (Å²) >= 11 is 0. The van der Waals surface area contributed by atoms with Crippen LogP contribution in [-0.4, -0.2) is 82.6 Å². The Bertz CT molecular complexity index is 1110. The lowest BCUT2D eigenvalue weighted by Crippen LogP contribution is -2.58. The van der Waals surface area contributed by atoms with Crippen molar-refractivity contribution in [2.24, 2.45) is 17.8 Å². The number of carbonyl (C=O) groups excluding carboxylic acids is 1. The van der Waals surface area contributed by atoms with E-state index in [1.807, 2.05) is 13.0 Å². The lowest BCUT2D eigenvalue weighted by atomic mass is 9.71. The molecule has 228 valence electrons. The second-order valence-electron chi connectivity index (χ2n) is 12.6. The first-order chi connectivity index (χ1) is 19.5. The Morgan fingerprint density at radius 2 is 1.95 bits per heavy atom. The number of hydrogen-bond donors (Lipinski definition) is 3. The van der Waals surface area contributed by atoms with Crippen molar-refractivity contribution in [3.63, 3.8) is 0 Å². The monoisotopic (exact) mass is 576 g/mol. The quantitative estimate of drug-likeness (QED) is 0.336. The third kappa shape index (κ3) is 5.74. The van der Waals surface area contributed by atoms with E-state index in [-0.39, 0.29) is 31.3 Å². The average Bonchev–Trinajstić information content (AvgIpc) is 3.29. The molecule has 0 amide bonds. The average molecular weight is 577 g/mol. The van der Waals surface area contributed by atoms with Gasteiger partial charge in [0.1, 0.15) is 36.0 Å². The van der Waals surface area contributed by atoms with Crippen molar-refractivity contribution in [1.29, 1.82) is 0 Å². The summed E-state index contributed by atoms with van der Waals surface area (Å²) in [5, 5.41) is 32.7. The molecule has 1 aliphatic carbocycles. The highest BCUT2D eigenvalue weighted by Gasteiger charge is 2.60. The van der Waals surface area contributed by atoms with Gasteiger partial charge in [-0.05, 0) is 49.8 Å². The molecule has 41 heavy (non-hydrogen) atoms. The molecule has 0 radical (unpaired) electrons. The van der Waals surface area contributed by atoms with E-state index in [0.29, 0.717) is 55.2 Å². The minimum Gasteiger partial charge on any atom is -0.462 e. The predicted molar refractivity (Wildman–Crippen MR) is 149 cm³/mol. The van der Waals surface area contributed by atoms with Crippen molar-refractivity contribution in [1.82, 2.24) is 0 Å². The predicted octanol–water partition coefficient (Wildman–Crippen LogP) is 3.84. The first-order valence-electron chi connectivity index (χ1n) is 15.1. The molecule has 5 rings (SSSR count). The normalized spacial score (nSPS) is 48.7. The number of carbonyl (C=O) groups is 1. The molecule has 4 heterocycles. The van der Waals surface area contributed by atoms with Crippen molar-refractivity contribution in [3.05, 3.63) is 47.1 Å². The third-order valence-electron chi connectivity index (χ3n) is 9.74. The molecular formula is C32H45FO8. The Morgan fingerprint density at radius 1 is 1.17 bits per heavy atom. The molecule has 4 aliphatic heterocycles. The summed E-state index contributed by atoms with van der Waals surface area (Å²) < 4.78 is 40.5. The van der Waals surface area contributed by atoms with Gasteiger partial charge in [-0.2, -0.15) is 0 Å². The van der Waals surface area contributed by atoms with Gasteiger partial charge in [-0.3, -0.25) is 4.79 Å². The zero-order chi connectivity index (χ0) is 29.5. The van der Waals surface area contributed by atoms with Crippen LogP contribution in [0.5, 0.6) is 0 Å². The Labute approximate surface area is 241 Å². The molecule has 1 spiro atoms. The van der Waals surface area contributed by atoms with Gasteiger partial charge in [0.25, 0.3) is 0 Å². The van der Waals surface area contributed by atoms with Gasteiger partial charge in [-0.25, -0.2) is 4.39 Å². The number of hydrogen-bond acceptors (Lipinski definition) is 8. The van der Waals surface area contributed by atoms with Crippen LogP contribution in [0.4, 0.5) is 4.39 Å². The molecule has 0 unspecified atom stereocenters. The summed E-state index contributed by atoms with van der Waals surface area (Å²) in [5.74, 6) is -3.11. The van der Waals surface area contributed by atoms with E-state index < -0.39 is 53.7 Å². The second-order valence-corrected chi connectivity index (χ2v) is 12.6. The maximum Gasteiger partial charge on any atom is 0.316 e. The fourth-order valence-corrected chi connectivity index (χ4v) is 7.24. The molecular weight excluding hydrogens is 531 g/mol. The SMILES string of the molecule is CC[C@H]1O[C@]2(CC[C@@H]1CO)C[C@@H]1C[C@@H](C/C=C(\C)[C@H](F)[C@@H](C)/C=C/C=C3\CO[C@@H]4[C@H](O)C(C)=C[C@@H](C(=O)O1)[C@]34O)O2. The minimum atomic E-state index is -1.81. The molecule has 0 aromatic heterocycles. The van der Waals surface area contributed by atoms with Crippen LogP contribution < -0.4 is 0 Å². The second kappa shape index (κ2) is 12.0. The van der Waals surface area contributed by atoms with Gasteiger partial charge in [0.2, 0.25) is 0 Å². The Morgan fingerprint density at radius 3 is 2.68 bits per heavy atom. The van der Waals surface area contributed by atoms with Gasteiger partial charge in [0, 0.05) is 37.7 Å². The highest BCUT2D eigenvalue weighted by molar-refractivity contribution is 5.78. The molecule has 9 heteroatoms. The van der Waals surface area contributed by atoms with Gasteiger partial charge < -0.3 is 34.3 Å². The van der Waals surface area contributed by atoms with Gasteiger partial charge >= 0.3 is 5.97 Å². The first-order valence-corrected chi connectivity index (χ1v) is 15.1. The lowest BCUT2D eigenvalue weighted by Gasteiger charge is -2.50. The standard InChI is InChI=1S/C32H45FO8/c1-5-26-21(16-34)11-12-31(41-26)15-24-14-23(40-31)10-9-19(3)27(33)18(2)7-6-8-22-17-38-29-28(35)20(4)13-25(30(36)39-24)32(22,29)37/h6-9,13,18,21,23-29,34-35,37H,5,10-12,14-17H2,1-4H3/b7-6+,19-9+,22-8+/t18-,21+,23+,24-,25-,26+,27+,28+,29+,31+,32+/m0/s1. The number of esters is 1. The molecule has 0 saturated carbocycles. The van der Waals surface area contributed by atoms with E-state index in [2.05, 4.69) is 0 Å². The highest BCUT2D eigenvalue weighted by atomic mass is 19.1. The van der Waals surface area contributed by atoms with Crippen molar-refractivity contribution >= 4 is 5.97 Å². The number of alkyl halides is 1. The van der Waals surface area contributed by atoms with Crippen LogP contribution in [0.3, 0.4) is 0 Å². The highest BCUT2D eigenvalue weighted by Crippen LogP contribution is 2.47. The zero-order valence-electron chi connectivity index (χ0n) is 24.5. The van der Waals surface area contributed by atoms with E-state index in [1.165, 1.54) is 0 Å². The van der Waals surface area contributed by atoms with Crippen LogP contribution >= 0.6 is 0 Å². The number of allylic oxidation sites excluding steroid dienone is 4. The van der Waals surface area contributed by atoms with Gasteiger partial charge in [0.15, 0.2) is 5.79 Å². The van der Waals surface area contributed by atoms with Crippen molar-refractivity contribution in [2.75, 3.05) is 13.2 Å². The van der Waals surface area contributed by atoms with E-state index in [0.717, 1.165) is 0 Å². The summed E-state index contributed by atoms with van der Waals surface area (Å²) in [4.78, 5) is 13.9. The number of aliphatic hydroxyl groups is 3. The van der Waals surface area contributed by atoms with E-state index >= 15 is 4.39 Å². The number of rotatable bonds is 2. The van der Waals surface area contributed by atoms with Gasteiger partial charge in [-0.1, -0.05) is 44.2 Å². The molecule has 3 saturated heterocycles. The van der Waals surface area contributed by atoms with Crippen molar-refractivity contribution in [3.8, 4) is 0 Å². The van der Waals surface area contributed by atoms with Crippen LogP contribution in [0.25, 0.3) is 0 Å². The number of halogens is 1. The largest absolute Gasteiger partial charge is 0.462 e. The molecule has 2 bridgehead atoms. The lowest BCUT2D eigenvalue weighted by molar-refractivity contribution is -0.337. The maximum atomic E-state index is 15.4. The van der Waals surface area contributed by atoms with E-state index in [9.17, 15) is 20.1 Å². The van der Waals surface area contributed by atoms with Crippen LogP contribution in [0.1, 0.15) is 66.2 Å². The number of fused-ring (bicyclic) bond motifs is 2. The summed E-state index contributed by atoms with van der Waals surface area (Å²) in [6.07, 6.45) is 7.14. The Kier molecular flexibility index (Phi) is 8.96. The molecule has 0 aromatic carbocycles. The van der Waals surface area contributed by atoms with E-state index in [1.54, 1.807) is 45.1 Å². The topological polar surface area (TPSA) is 115 Å². The molecule has 3 fully saturated rings. The summed E-state index contributed by atoms with van der Waals surface area (Å²) in [7, 11) is 0. The van der Waals surface area contributed by atoms with Gasteiger partial charge in [0.05, 0.1) is 18.8 Å². The van der Waals surface area contributed by atoms with Crippen LogP contribution in [0, 0.1) is 17.8 Å². The fraction of sp³-hybridized carbons (Fsp3) is 0.719. The molecule has 11 atom stereocenters. The number of aliphatic hydroxyl groups excluding tert-OH is 2. The van der Waals surface area contributed by atoms with Crippen molar-refractivity contribution < 1.29 is 43.5 Å². The van der Waals surface area contributed by atoms with Crippen LogP contribution in [0.15, 0.2) is 47.1 Å². The van der Waals surface area contributed by atoms with Crippen LogP contribution in [-0.2, 0) is 23.7 Å². The molecule has 5 aliphatic rings. The zero-order valence-corrected chi connectivity index (χ0v) is 24.5. The Balaban J connectivity index is 1.52. The fourth-order valence-electron chi connectivity index (χ4n) is 7.24. The minimum absolute atomic E-state index is 0.00524. The summed E-state index contributed by atoms with van der Waals surface area (Å²) in [6.45, 7) is 7.33. The smallest absolute Gasteiger partial charge is 0.316 e. The first kappa shape index (κ1) is 30.6.